The lowest BCUT2D eigenvalue weighted by molar-refractivity contribution is 0.0831. The summed E-state index contributed by atoms with van der Waals surface area (Å²) >= 11 is 1.49. The van der Waals surface area contributed by atoms with Crippen LogP contribution in [0.25, 0.3) is 0 Å². The van der Waals surface area contributed by atoms with E-state index in [-0.39, 0.29) is 5.91 Å². The van der Waals surface area contributed by atoms with Gasteiger partial charge >= 0.3 is 0 Å². The largest absolute Gasteiger partial charge is 0.344 e. The number of carbonyl (C=O) groups excluding carboxylic acids is 1. The number of amides is 1. The van der Waals surface area contributed by atoms with Crippen molar-refractivity contribution >= 4 is 17.2 Å². The molecule has 60 valence electrons. The van der Waals surface area contributed by atoms with E-state index in [9.17, 15) is 4.79 Å². The van der Waals surface area contributed by atoms with Crippen molar-refractivity contribution in [3.05, 3.63) is 21.9 Å². The van der Waals surface area contributed by atoms with Gasteiger partial charge in [0.1, 0.15) is 0 Å². The topological polar surface area (TPSA) is 20.3 Å². The summed E-state index contributed by atoms with van der Waals surface area (Å²) in [5.41, 5.74) is 1.06. The van der Waals surface area contributed by atoms with E-state index >= 15 is 0 Å². The molecule has 0 atom stereocenters. The van der Waals surface area contributed by atoms with Crippen LogP contribution in [0.3, 0.4) is 0 Å². The minimum Gasteiger partial charge on any atom is -0.344 e. The zero-order valence-corrected chi connectivity index (χ0v) is 7.73. The van der Waals surface area contributed by atoms with Gasteiger partial charge in [-0.3, -0.25) is 4.79 Å². The second-order valence-corrected chi connectivity index (χ2v) is 3.55. The SMILES string of the molecule is Cc1ccsc1C(=O)N(C)C. The van der Waals surface area contributed by atoms with Gasteiger partial charge in [0.05, 0.1) is 4.88 Å². The molecule has 0 fully saturated rings. The molecule has 11 heavy (non-hydrogen) atoms. The second kappa shape index (κ2) is 3.05. The van der Waals surface area contributed by atoms with Crippen LogP contribution in [-0.2, 0) is 0 Å². The minimum atomic E-state index is 0.0949. The first kappa shape index (κ1) is 8.27. The highest BCUT2D eigenvalue weighted by Crippen LogP contribution is 2.16. The van der Waals surface area contributed by atoms with Crippen LogP contribution in [0.2, 0.25) is 0 Å². The van der Waals surface area contributed by atoms with Crippen LogP contribution in [-0.4, -0.2) is 24.9 Å². The Morgan fingerprint density at radius 2 is 2.18 bits per heavy atom. The van der Waals surface area contributed by atoms with E-state index in [1.807, 2.05) is 18.4 Å². The van der Waals surface area contributed by atoms with Crippen molar-refractivity contribution < 1.29 is 4.79 Å². The number of hydrogen-bond donors (Lipinski definition) is 0. The molecular weight excluding hydrogens is 158 g/mol. The van der Waals surface area contributed by atoms with E-state index in [4.69, 9.17) is 0 Å². The highest BCUT2D eigenvalue weighted by molar-refractivity contribution is 7.12. The zero-order chi connectivity index (χ0) is 8.43. The van der Waals surface area contributed by atoms with Gasteiger partial charge in [0.25, 0.3) is 5.91 Å². The molecule has 0 aromatic carbocycles. The Hall–Kier alpha value is -0.830. The predicted molar refractivity (Wildman–Crippen MR) is 47.1 cm³/mol. The van der Waals surface area contributed by atoms with E-state index in [0.29, 0.717) is 0 Å². The Bertz CT molecular complexity index is 265. The smallest absolute Gasteiger partial charge is 0.263 e. The average molecular weight is 169 g/mol. The maximum Gasteiger partial charge on any atom is 0.263 e. The highest BCUT2D eigenvalue weighted by atomic mass is 32.1. The first-order valence-electron chi connectivity index (χ1n) is 3.38. The third-order valence-electron chi connectivity index (χ3n) is 1.46. The number of hydrogen-bond acceptors (Lipinski definition) is 2. The van der Waals surface area contributed by atoms with Crippen LogP contribution in [0.1, 0.15) is 15.2 Å². The highest BCUT2D eigenvalue weighted by Gasteiger charge is 2.11. The molecule has 1 amide bonds. The summed E-state index contributed by atoms with van der Waals surface area (Å²) in [7, 11) is 3.53. The Balaban J connectivity index is 2.93. The van der Waals surface area contributed by atoms with Gasteiger partial charge in [-0.1, -0.05) is 0 Å². The van der Waals surface area contributed by atoms with E-state index in [0.717, 1.165) is 10.4 Å². The fourth-order valence-corrected chi connectivity index (χ4v) is 1.74. The third-order valence-corrected chi connectivity index (χ3v) is 2.47. The molecular formula is C8H11NOS. The van der Waals surface area contributed by atoms with Gasteiger partial charge in [0.2, 0.25) is 0 Å². The monoisotopic (exact) mass is 169 g/mol. The Labute approximate surface area is 70.5 Å². The molecule has 0 unspecified atom stereocenters. The third kappa shape index (κ3) is 1.60. The Morgan fingerprint density at radius 1 is 1.55 bits per heavy atom. The van der Waals surface area contributed by atoms with Gasteiger partial charge in [-0.2, -0.15) is 0 Å². The zero-order valence-electron chi connectivity index (χ0n) is 6.92. The maximum atomic E-state index is 11.4. The molecule has 0 aliphatic rings. The number of aryl methyl sites for hydroxylation is 1. The molecule has 1 aromatic rings. The molecule has 2 nitrogen and oxygen atoms in total. The van der Waals surface area contributed by atoms with E-state index in [1.165, 1.54) is 11.3 Å². The molecule has 1 aromatic heterocycles. The van der Waals surface area contributed by atoms with Crippen molar-refractivity contribution in [1.29, 1.82) is 0 Å². The molecule has 1 rings (SSSR count). The number of thiophene rings is 1. The first-order valence-corrected chi connectivity index (χ1v) is 4.26. The first-order chi connectivity index (χ1) is 5.13. The van der Waals surface area contributed by atoms with Gasteiger partial charge in [-0.15, -0.1) is 11.3 Å². The minimum absolute atomic E-state index is 0.0949. The number of nitrogens with zero attached hydrogens (tertiary/aromatic N) is 1. The van der Waals surface area contributed by atoms with Crippen LogP contribution in [0, 0.1) is 6.92 Å². The molecule has 3 heteroatoms. The summed E-state index contributed by atoms with van der Waals surface area (Å²) in [6, 6.07) is 1.96. The van der Waals surface area contributed by atoms with Crippen LogP contribution in [0.5, 0.6) is 0 Å². The Kier molecular flexibility index (Phi) is 2.29. The van der Waals surface area contributed by atoms with Crippen molar-refractivity contribution in [2.75, 3.05) is 14.1 Å². The van der Waals surface area contributed by atoms with Crippen LogP contribution >= 0.6 is 11.3 Å². The maximum absolute atomic E-state index is 11.4. The normalized spacial score (nSPS) is 9.73. The average Bonchev–Trinajstić information content (AvgIpc) is 2.33. The molecule has 0 saturated carbocycles. The lowest BCUT2D eigenvalue weighted by Crippen LogP contribution is -2.21. The molecule has 0 N–H and O–H groups in total. The molecule has 0 saturated heterocycles. The van der Waals surface area contributed by atoms with Crippen molar-refractivity contribution in [2.45, 2.75) is 6.92 Å². The van der Waals surface area contributed by atoms with Crippen molar-refractivity contribution in [3.8, 4) is 0 Å². The molecule has 1 heterocycles. The standard InChI is InChI=1S/C8H11NOS/c1-6-4-5-11-7(6)8(10)9(2)3/h4-5H,1-3H3. The molecule has 0 aliphatic heterocycles. The number of carbonyl (C=O) groups is 1. The lowest BCUT2D eigenvalue weighted by atomic mass is 10.3. The fraction of sp³-hybridized carbons (Fsp3) is 0.375. The van der Waals surface area contributed by atoms with Gasteiger partial charge < -0.3 is 4.90 Å². The second-order valence-electron chi connectivity index (χ2n) is 2.63. The van der Waals surface area contributed by atoms with E-state index < -0.39 is 0 Å². The van der Waals surface area contributed by atoms with Gasteiger partial charge in [0.15, 0.2) is 0 Å². The summed E-state index contributed by atoms with van der Waals surface area (Å²) in [5.74, 6) is 0.0949. The van der Waals surface area contributed by atoms with Gasteiger partial charge in [-0.25, -0.2) is 0 Å². The lowest BCUT2D eigenvalue weighted by Gasteiger charge is -2.08. The number of rotatable bonds is 1. The van der Waals surface area contributed by atoms with Crippen LogP contribution in [0.15, 0.2) is 11.4 Å². The fourth-order valence-electron chi connectivity index (χ4n) is 0.795. The van der Waals surface area contributed by atoms with Crippen LogP contribution < -0.4 is 0 Å². The predicted octanol–water partition coefficient (Wildman–Crippen LogP) is 1.76. The summed E-state index contributed by atoms with van der Waals surface area (Å²) in [5, 5.41) is 1.94. The van der Waals surface area contributed by atoms with Crippen molar-refractivity contribution in [1.82, 2.24) is 4.90 Å². The van der Waals surface area contributed by atoms with E-state index in [1.54, 1.807) is 19.0 Å². The quantitative estimate of drug-likeness (QED) is 0.627. The van der Waals surface area contributed by atoms with Gasteiger partial charge in [0, 0.05) is 14.1 Å². The molecule has 0 aliphatic carbocycles. The van der Waals surface area contributed by atoms with Crippen molar-refractivity contribution in [3.63, 3.8) is 0 Å². The summed E-state index contributed by atoms with van der Waals surface area (Å²) < 4.78 is 0. The molecule has 0 radical (unpaired) electrons. The molecule has 0 bridgehead atoms. The summed E-state index contributed by atoms with van der Waals surface area (Å²) in [4.78, 5) is 13.8. The van der Waals surface area contributed by atoms with Crippen molar-refractivity contribution in [2.24, 2.45) is 0 Å². The summed E-state index contributed by atoms with van der Waals surface area (Å²) in [6.45, 7) is 1.95. The van der Waals surface area contributed by atoms with Crippen LogP contribution in [0.4, 0.5) is 0 Å². The summed E-state index contributed by atoms with van der Waals surface area (Å²) in [6.07, 6.45) is 0. The van der Waals surface area contributed by atoms with E-state index in [2.05, 4.69) is 0 Å². The van der Waals surface area contributed by atoms with Gasteiger partial charge in [-0.05, 0) is 23.9 Å². The molecule has 0 spiro atoms. The Morgan fingerprint density at radius 3 is 2.55 bits per heavy atom.